The second-order valence-corrected chi connectivity index (χ2v) is 9.73. The summed E-state index contributed by atoms with van der Waals surface area (Å²) in [5.74, 6) is -0.0302. The second-order valence-electron chi connectivity index (χ2n) is 9.73. The molecule has 40 heavy (non-hydrogen) atoms. The van der Waals surface area contributed by atoms with Crippen molar-refractivity contribution in [3.05, 3.63) is 125 Å². The maximum absolute atomic E-state index is 13.3. The average Bonchev–Trinajstić information content (AvgIpc) is 3.01. The Kier molecular flexibility index (Phi) is 8.73. The molecule has 7 nitrogen and oxygen atoms in total. The van der Waals surface area contributed by atoms with E-state index in [1.54, 1.807) is 36.4 Å². The molecule has 5 rings (SSSR count). The normalized spacial score (nSPS) is 13.5. The minimum Gasteiger partial charge on any atom is -0.489 e. The van der Waals surface area contributed by atoms with Crippen LogP contribution in [0.25, 0.3) is 0 Å². The molecule has 1 amide bonds. The zero-order chi connectivity index (χ0) is 27.7. The largest absolute Gasteiger partial charge is 0.489 e. The van der Waals surface area contributed by atoms with E-state index in [4.69, 9.17) is 9.47 Å². The Bertz CT molecular complexity index is 1420. The first-order valence-electron chi connectivity index (χ1n) is 13.4. The number of piperazine rings is 1. The SMILES string of the molecule is COC(=O)c1ccc(N2CCN(Cc3ccccc3)CC2)c(NC(=O)c2ccc(OCc3ccccc3)cc2)c1. The van der Waals surface area contributed by atoms with Gasteiger partial charge in [0.1, 0.15) is 12.4 Å². The van der Waals surface area contributed by atoms with Crippen LogP contribution in [-0.4, -0.2) is 50.1 Å². The first-order valence-corrected chi connectivity index (χ1v) is 13.4. The minimum atomic E-state index is -0.449. The van der Waals surface area contributed by atoms with Crippen LogP contribution >= 0.6 is 0 Å². The first-order chi connectivity index (χ1) is 19.6. The molecule has 0 unspecified atom stereocenters. The molecule has 0 aliphatic carbocycles. The number of anilines is 2. The first kappa shape index (κ1) is 27.0. The molecule has 0 bridgehead atoms. The van der Waals surface area contributed by atoms with Gasteiger partial charge in [-0.1, -0.05) is 60.7 Å². The van der Waals surface area contributed by atoms with Crippen LogP contribution in [0.3, 0.4) is 0 Å². The van der Waals surface area contributed by atoms with E-state index in [-0.39, 0.29) is 5.91 Å². The van der Waals surface area contributed by atoms with Gasteiger partial charge in [0.15, 0.2) is 0 Å². The van der Waals surface area contributed by atoms with Gasteiger partial charge < -0.3 is 19.7 Å². The van der Waals surface area contributed by atoms with Crippen LogP contribution in [0.15, 0.2) is 103 Å². The smallest absolute Gasteiger partial charge is 0.337 e. The third-order valence-electron chi connectivity index (χ3n) is 6.99. The number of ether oxygens (including phenoxy) is 2. The maximum Gasteiger partial charge on any atom is 0.337 e. The fourth-order valence-corrected chi connectivity index (χ4v) is 4.78. The van der Waals surface area contributed by atoms with E-state index in [0.29, 0.717) is 29.2 Å². The van der Waals surface area contributed by atoms with E-state index in [2.05, 4.69) is 39.4 Å². The molecule has 204 valence electrons. The predicted octanol–water partition coefficient (Wildman–Crippen LogP) is 5.63. The number of nitrogens with one attached hydrogen (secondary N) is 1. The average molecular weight is 536 g/mol. The number of hydrogen-bond acceptors (Lipinski definition) is 6. The summed E-state index contributed by atoms with van der Waals surface area (Å²) < 4.78 is 10.8. The molecule has 0 aromatic heterocycles. The maximum atomic E-state index is 13.3. The molecule has 4 aromatic rings. The molecule has 1 fully saturated rings. The van der Waals surface area contributed by atoms with Gasteiger partial charge in [0.2, 0.25) is 0 Å². The van der Waals surface area contributed by atoms with Crippen LogP contribution in [0.4, 0.5) is 11.4 Å². The highest BCUT2D eigenvalue weighted by Crippen LogP contribution is 2.30. The van der Waals surface area contributed by atoms with Gasteiger partial charge in [-0.15, -0.1) is 0 Å². The summed E-state index contributed by atoms with van der Waals surface area (Å²) in [6, 6.07) is 32.7. The van der Waals surface area contributed by atoms with Crippen LogP contribution in [0.2, 0.25) is 0 Å². The highest BCUT2D eigenvalue weighted by atomic mass is 16.5. The Labute approximate surface area is 235 Å². The standard InChI is InChI=1S/C33H33N3O4/c1-39-33(38)28-14-17-31(36-20-18-35(19-21-36)23-25-8-4-2-5-9-25)30(22-28)34-32(37)27-12-15-29(16-13-27)40-24-26-10-6-3-7-11-26/h2-17,22H,18-21,23-24H2,1H3,(H,34,37). The van der Waals surface area contributed by atoms with Gasteiger partial charge >= 0.3 is 5.97 Å². The van der Waals surface area contributed by atoms with Crippen LogP contribution in [0.1, 0.15) is 31.8 Å². The lowest BCUT2D eigenvalue weighted by molar-refractivity contribution is 0.0600. The Balaban J connectivity index is 1.26. The van der Waals surface area contributed by atoms with Crippen molar-refractivity contribution in [2.24, 2.45) is 0 Å². The number of esters is 1. The van der Waals surface area contributed by atoms with E-state index in [0.717, 1.165) is 44.0 Å². The molecular weight excluding hydrogens is 502 g/mol. The van der Waals surface area contributed by atoms with Crippen molar-refractivity contribution in [2.75, 3.05) is 43.5 Å². The Morgan fingerprint density at radius 1 is 0.750 bits per heavy atom. The third kappa shape index (κ3) is 6.87. The van der Waals surface area contributed by atoms with E-state index in [1.165, 1.54) is 12.7 Å². The fraction of sp³-hybridized carbons (Fsp3) is 0.212. The Morgan fingerprint density at radius 2 is 1.38 bits per heavy atom. The minimum absolute atomic E-state index is 0.263. The molecular formula is C33H33N3O4. The summed E-state index contributed by atoms with van der Waals surface area (Å²) in [7, 11) is 1.35. The van der Waals surface area contributed by atoms with Crippen LogP contribution < -0.4 is 15.0 Å². The van der Waals surface area contributed by atoms with Gasteiger partial charge in [0.25, 0.3) is 5.91 Å². The van der Waals surface area contributed by atoms with Crippen LogP contribution in [-0.2, 0) is 17.9 Å². The molecule has 1 aliphatic heterocycles. The molecule has 4 aromatic carbocycles. The molecule has 0 spiro atoms. The molecule has 0 atom stereocenters. The lowest BCUT2D eigenvalue weighted by Crippen LogP contribution is -2.46. The number of methoxy groups -OCH3 is 1. The zero-order valence-electron chi connectivity index (χ0n) is 22.6. The predicted molar refractivity (Wildman–Crippen MR) is 157 cm³/mol. The summed E-state index contributed by atoms with van der Waals surface area (Å²) in [5.41, 5.74) is 4.70. The Morgan fingerprint density at radius 3 is 2.02 bits per heavy atom. The number of carbonyl (C=O) groups excluding carboxylic acids is 2. The van der Waals surface area contributed by atoms with Crippen molar-refractivity contribution >= 4 is 23.3 Å². The Hall–Kier alpha value is -4.62. The van der Waals surface area contributed by atoms with Gasteiger partial charge in [-0.25, -0.2) is 4.79 Å². The van der Waals surface area contributed by atoms with Gasteiger partial charge in [-0.05, 0) is 53.6 Å². The van der Waals surface area contributed by atoms with Gasteiger partial charge in [-0.2, -0.15) is 0 Å². The number of carbonyl (C=O) groups is 2. The van der Waals surface area contributed by atoms with Crippen molar-refractivity contribution in [3.8, 4) is 5.75 Å². The summed E-state index contributed by atoms with van der Waals surface area (Å²) >= 11 is 0. The molecule has 7 heteroatoms. The fourth-order valence-electron chi connectivity index (χ4n) is 4.78. The monoisotopic (exact) mass is 535 g/mol. The van der Waals surface area contributed by atoms with E-state index in [1.807, 2.05) is 42.5 Å². The molecule has 0 saturated carbocycles. The number of rotatable bonds is 9. The molecule has 0 radical (unpaired) electrons. The van der Waals surface area contributed by atoms with Gasteiger partial charge in [-0.3, -0.25) is 9.69 Å². The molecule has 1 saturated heterocycles. The number of nitrogens with zero attached hydrogens (tertiary/aromatic N) is 2. The lowest BCUT2D eigenvalue weighted by Gasteiger charge is -2.37. The van der Waals surface area contributed by atoms with E-state index >= 15 is 0 Å². The quantitative estimate of drug-likeness (QED) is 0.280. The van der Waals surface area contributed by atoms with E-state index in [9.17, 15) is 9.59 Å². The van der Waals surface area contributed by atoms with E-state index < -0.39 is 5.97 Å². The molecule has 1 aliphatic rings. The van der Waals surface area contributed by atoms with Crippen molar-refractivity contribution < 1.29 is 19.1 Å². The van der Waals surface area contributed by atoms with Crippen molar-refractivity contribution in [3.63, 3.8) is 0 Å². The van der Waals surface area contributed by atoms with Crippen molar-refractivity contribution in [2.45, 2.75) is 13.2 Å². The summed E-state index contributed by atoms with van der Waals surface area (Å²) in [6.45, 7) is 4.76. The number of amides is 1. The number of benzene rings is 4. The molecule has 1 N–H and O–H groups in total. The number of hydrogen-bond donors (Lipinski definition) is 1. The topological polar surface area (TPSA) is 71.1 Å². The van der Waals surface area contributed by atoms with Crippen molar-refractivity contribution in [1.29, 1.82) is 0 Å². The molecule has 1 heterocycles. The van der Waals surface area contributed by atoms with Gasteiger partial charge in [0, 0.05) is 38.3 Å². The summed E-state index contributed by atoms with van der Waals surface area (Å²) in [5, 5.41) is 3.03. The van der Waals surface area contributed by atoms with Crippen molar-refractivity contribution in [1.82, 2.24) is 4.90 Å². The lowest BCUT2D eigenvalue weighted by atomic mass is 10.1. The summed E-state index contributed by atoms with van der Waals surface area (Å²) in [6.07, 6.45) is 0. The van der Waals surface area contributed by atoms with Crippen LogP contribution in [0.5, 0.6) is 5.75 Å². The third-order valence-corrected chi connectivity index (χ3v) is 6.99. The van der Waals surface area contributed by atoms with Gasteiger partial charge in [0.05, 0.1) is 24.0 Å². The summed E-state index contributed by atoms with van der Waals surface area (Å²) in [4.78, 5) is 30.2. The second kappa shape index (κ2) is 13.0. The zero-order valence-corrected chi connectivity index (χ0v) is 22.6. The highest BCUT2D eigenvalue weighted by molar-refractivity contribution is 6.07. The highest BCUT2D eigenvalue weighted by Gasteiger charge is 2.22. The van der Waals surface area contributed by atoms with Crippen LogP contribution in [0, 0.1) is 0 Å².